The van der Waals surface area contributed by atoms with E-state index >= 15 is 0 Å². The normalized spacial score (nSPS) is 20.1. The number of anilines is 1. The van der Waals surface area contributed by atoms with Crippen LogP contribution in [0.1, 0.15) is 24.0 Å². The first-order valence-corrected chi connectivity index (χ1v) is 8.58. The molecule has 2 aromatic carbocycles. The highest BCUT2D eigenvalue weighted by Crippen LogP contribution is 2.26. The van der Waals surface area contributed by atoms with Gasteiger partial charge in [-0.05, 0) is 23.6 Å². The van der Waals surface area contributed by atoms with E-state index in [1.165, 1.54) is 5.56 Å². The van der Waals surface area contributed by atoms with E-state index in [2.05, 4.69) is 29.3 Å². The lowest BCUT2D eigenvalue weighted by molar-refractivity contribution is -0.117. The molecular weight excluding hydrogens is 334 g/mol. The number of nitrogens with two attached hydrogens (primary N) is 1. The van der Waals surface area contributed by atoms with Crippen molar-refractivity contribution in [1.82, 2.24) is 4.90 Å². The van der Waals surface area contributed by atoms with E-state index in [9.17, 15) is 4.79 Å². The topological polar surface area (TPSA) is 58.4 Å². The molecule has 1 heterocycles. The molecule has 3 rings (SSSR count). The number of likely N-dealkylation sites (tertiary alicyclic amines) is 1. The first kappa shape index (κ1) is 19.4. The summed E-state index contributed by atoms with van der Waals surface area (Å²) in [4.78, 5) is 14.5. The molecule has 2 atom stereocenters. The smallest absolute Gasteiger partial charge is 0.238 e. The fourth-order valence-electron chi connectivity index (χ4n) is 3.44. The number of nitrogens with one attached hydrogen (secondary N) is 1. The highest BCUT2D eigenvalue weighted by Gasteiger charge is 2.31. The van der Waals surface area contributed by atoms with Gasteiger partial charge in [0.15, 0.2) is 0 Å². The lowest BCUT2D eigenvalue weighted by atomic mass is 9.95. The molecule has 1 fully saturated rings. The maximum Gasteiger partial charge on any atom is 0.238 e. The van der Waals surface area contributed by atoms with Crippen molar-refractivity contribution in [2.24, 2.45) is 5.73 Å². The van der Waals surface area contributed by atoms with Gasteiger partial charge in [-0.25, -0.2) is 0 Å². The van der Waals surface area contributed by atoms with E-state index < -0.39 is 0 Å². The molecule has 1 aliphatic rings. The molecule has 1 aliphatic heterocycles. The van der Waals surface area contributed by atoms with Gasteiger partial charge < -0.3 is 11.1 Å². The van der Waals surface area contributed by atoms with Crippen molar-refractivity contribution < 1.29 is 4.79 Å². The molecule has 0 saturated carbocycles. The number of benzene rings is 2. The Morgan fingerprint density at radius 2 is 1.80 bits per heavy atom. The van der Waals surface area contributed by atoms with Gasteiger partial charge in [0.25, 0.3) is 0 Å². The highest BCUT2D eigenvalue weighted by atomic mass is 35.5. The van der Waals surface area contributed by atoms with Crippen molar-refractivity contribution in [3.8, 4) is 0 Å². The van der Waals surface area contributed by atoms with E-state index in [-0.39, 0.29) is 24.4 Å². The molecule has 1 saturated heterocycles. The Labute approximate surface area is 155 Å². The minimum Gasteiger partial charge on any atom is -0.326 e. The van der Waals surface area contributed by atoms with Gasteiger partial charge in [0.05, 0.1) is 6.54 Å². The number of hydrogen-bond acceptors (Lipinski definition) is 3. The molecule has 134 valence electrons. The van der Waals surface area contributed by atoms with Gasteiger partial charge in [-0.15, -0.1) is 12.4 Å². The monoisotopic (exact) mass is 359 g/mol. The maximum absolute atomic E-state index is 12.4. The molecular formula is C20H26ClN3O. The first-order valence-electron chi connectivity index (χ1n) is 8.58. The first-order chi connectivity index (χ1) is 11.7. The molecule has 0 spiro atoms. The van der Waals surface area contributed by atoms with Crippen LogP contribution in [-0.2, 0) is 11.2 Å². The highest BCUT2D eigenvalue weighted by molar-refractivity contribution is 5.93. The molecule has 25 heavy (non-hydrogen) atoms. The summed E-state index contributed by atoms with van der Waals surface area (Å²) >= 11 is 0. The Bertz CT molecular complexity index is 692. The average molecular weight is 360 g/mol. The van der Waals surface area contributed by atoms with E-state index in [0.29, 0.717) is 12.5 Å². The lowest BCUT2D eigenvalue weighted by Crippen LogP contribution is -2.33. The molecule has 2 aromatic rings. The average Bonchev–Trinajstić information content (AvgIpc) is 2.96. The number of halogens is 1. The third kappa shape index (κ3) is 4.82. The lowest BCUT2D eigenvalue weighted by Gasteiger charge is -2.16. The van der Waals surface area contributed by atoms with Crippen molar-refractivity contribution in [3.63, 3.8) is 0 Å². The Morgan fingerprint density at radius 1 is 1.12 bits per heavy atom. The SMILES string of the molecule is CCc1ccccc1NC(=O)CN1C[C@@H](N)[C@H](c2ccccc2)C1.Cl. The summed E-state index contributed by atoms with van der Waals surface area (Å²) in [5, 5.41) is 3.04. The summed E-state index contributed by atoms with van der Waals surface area (Å²) in [6.45, 7) is 4.06. The van der Waals surface area contributed by atoms with Crippen LogP contribution >= 0.6 is 12.4 Å². The number of amides is 1. The minimum atomic E-state index is 0. The van der Waals surface area contributed by atoms with Gasteiger partial charge in [-0.3, -0.25) is 9.69 Å². The largest absolute Gasteiger partial charge is 0.326 e. The molecule has 0 unspecified atom stereocenters. The van der Waals surface area contributed by atoms with Crippen molar-refractivity contribution >= 4 is 24.0 Å². The zero-order valence-corrected chi connectivity index (χ0v) is 15.3. The van der Waals surface area contributed by atoms with Crippen LogP contribution in [0.25, 0.3) is 0 Å². The van der Waals surface area contributed by atoms with Crippen LogP contribution in [0.5, 0.6) is 0 Å². The van der Waals surface area contributed by atoms with E-state index in [4.69, 9.17) is 5.73 Å². The van der Waals surface area contributed by atoms with E-state index in [0.717, 1.165) is 30.8 Å². The fourth-order valence-corrected chi connectivity index (χ4v) is 3.44. The van der Waals surface area contributed by atoms with Gasteiger partial charge in [0, 0.05) is 30.7 Å². The van der Waals surface area contributed by atoms with Crippen molar-refractivity contribution in [2.75, 3.05) is 25.0 Å². The second kappa shape index (κ2) is 8.99. The number of para-hydroxylation sites is 1. The molecule has 5 heteroatoms. The van der Waals surface area contributed by atoms with Crippen LogP contribution in [0.15, 0.2) is 54.6 Å². The Balaban J connectivity index is 0.00000225. The van der Waals surface area contributed by atoms with Crippen molar-refractivity contribution in [3.05, 3.63) is 65.7 Å². The summed E-state index contributed by atoms with van der Waals surface area (Å²) < 4.78 is 0. The third-order valence-electron chi connectivity index (χ3n) is 4.71. The number of nitrogens with zero attached hydrogens (tertiary/aromatic N) is 1. The molecule has 0 aliphatic carbocycles. The van der Waals surface area contributed by atoms with Crippen LogP contribution in [0.3, 0.4) is 0 Å². The standard InChI is InChI=1S/C20H25N3O.ClH/c1-2-15-8-6-7-11-19(15)22-20(24)14-23-12-17(18(21)13-23)16-9-4-3-5-10-16;/h3-11,17-18H,2,12-14,21H2,1H3,(H,22,24);1H/t17-,18+;/m0./s1. The van der Waals surface area contributed by atoms with Gasteiger partial charge in [0.2, 0.25) is 5.91 Å². The zero-order chi connectivity index (χ0) is 16.9. The number of carbonyl (C=O) groups is 1. The van der Waals surface area contributed by atoms with Gasteiger partial charge in [-0.2, -0.15) is 0 Å². The summed E-state index contributed by atoms with van der Waals surface area (Å²) in [5.41, 5.74) is 9.62. The molecule has 3 N–H and O–H groups in total. The molecule has 0 aromatic heterocycles. The Hall–Kier alpha value is -1.88. The number of carbonyl (C=O) groups excluding carboxylic acids is 1. The number of hydrogen-bond donors (Lipinski definition) is 2. The summed E-state index contributed by atoms with van der Waals surface area (Å²) in [6, 6.07) is 18.4. The van der Waals surface area contributed by atoms with Crippen LogP contribution in [-0.4, -0.2) is 36.5 Å². The van der Waals surface area contributed by atoms with Gasteiger partial charge in [0.1, 0.15) is 0 Å². The second-order valence-electron chi connectivity index (χ2n) is 6.43. The van der Waals surface area contributed by atoms with Gasteiger partial charge in [-0.1, -0.05) is 55.5 Å². The summed E-state index contributed by atoms with van der Waals surface area (Å²) in [5.74, 6) is 0.318. The summed E-state index contributed by atoms with van der Waals surface area (Å²) in [7, 11) is 0. The summed E-state index contributed by atoms with van der Waals surface area (Å²) in [6.07, 6.45) is 0.904. The van der Waals surface area contributed by atoms with Crippen molar-refractivity contribution in [2.45, 2.75) is 25.3 Å². The van der Waals surface area contributed by atoms with Gasteiger partial charge >= 0.3 is 0 Å². The number of aryl methyl sites for hydroxylation is 1. The molecule has 4 nitrogen and oxygen atoms in total. The van der Waals surface area contributed by atoms with E-state index in [1.54, 1.807) is 0 Å². The zero-order valence-electron chi connectivity index (χ0n) is 14.5. The Morgan fingerprint density at radius 3 is 2.52 bits per heavy atom. The predicted molar refractivity (Wildman–Crippen MR) is 105 cm³/mol. The number of rotatable bonds is 5. The van der Waals surface area contributed by atoms with Crippen LogP contribution < -0.4 is 11.1 Å². The quantitative estimate of drug-likeness (QED) is 0.862. The van der Waals surface area contributed by atoms with Crippen molar-refractivity contribution in [1.29, 1.82) is 0 Å². The fraction of sp³-hybridized carbons (Fsp3) is 0.350. The minimum absolute atomic E-state index is 0. The third-order valence-corrected chi connectivity index (χ3v) is 4.71. The van der Waals surface area contributed by atoms with Crippen LogP contribution in [0.2, 0.25) is 0 Å². The molecule has 0 radical (unpaired) electrons. The van der Waals surface area contributed by atoms with E-state index in [1.807, 2.05) is 42.5 Å². The van der Waals surface area contributed by atoms with Crippen LogP contribution in [0, 0.1) is 0 Å². The molecule has 1 amide bonds. The maximum atomic E-state index is 12.4. The Kier molecular flexibility index (Phi) is 7.00. The predicted octanol–water partition coefficient (Wildman–Crippen LogP) is 3.04. The van der Waals surface area contributed by atoms with Crippen LogP contribution in [0.4, 0.5) is 5.69 Å². The second-order valence-corrected chi connectivity index (χ2v) is 6.43. The molecule has 0 bridgehead atoms.